The number of nitrogens with zero attached hydrogens (tertiary/aromatic N) is 2. The number of hydrogen-bond acceptors (Lipinski definition) is 3. The molecule has 0 unspecified atom stereocenters. The highest BCUT2D eigenvalue weighted by atomic mass is 35.5. The van der Waals surface area contributed by atoms with Crippen LogP contribution in [-0.4, -0.2) is 21.9 Å². The Morgan fingerprint density at radius 3 is 2.72 bits per heavy atom. The van der Waals surface area contributed by atoms with E-state index in [0.717, 1.165) is 30.8 Å². The average molecular weight is 272 g/mol. The monoisotopic (exact) mass is 271 g/mol. The van der Waals surface area contributed by atoms with E-state index in [9.17, 15) is 0 Å². The average Bonchev–Trinajstić information content (AvgIpc) is 2.88. The van der Waals surface area contributed by atoms with E-state index in [4.69, 9.17) is 22.1 Å². The van der Waals surface area contributed by atoms with Gasteiger partial charge in [-0.2, -0.15) is 5.10 Å². The number of aryl methyl sites for hydroxylation is 2. The molecule has 18 heavy (non-hydrogen) atoms. The predicted octanol–water partition coefficient (Wildman–Crippen LogP) is 2.65. The number of aromatic nitrogens is 2. The summed E-state index contributed by atoms with van der Waals surface area (Å²) in [5.74, 6) is 0. The SMILES string of the molecule is CCn1nc(C)c(Cl)c1COCC1(N)CCCC1. The van der Waals surface area contributed by atoms with Gasteiger partial charge in [0.1, 0.15) is 0 Å². The van der Waals surface area contributed by atoms with Gasteiger partial charge in [-0.15, -0.1) is 0 Å². The van der Waals surface area contributed by atoms with Crippen LogP contribution in [0.1, 0.15) is 44.0 Å². The van der Waals surface area contributed by atoms with Gasteiger partial charge in [0.25, 0.3) is 0 Å². The van der Waals surface area contributed by atoms with E-state index in [1.54, 1.807) is 0 Å². The van der Waals surface area contributed by atoms with E-state index in [1.807, 2.05) is 18.5 Å². The lowest BCUT2D eigenvalue weighted by Crippen LogP contribution is -2.41. The van der Waals surface area contributed by atoms with Crippen molar-refractivity contribution < 1.29 is 4.74 Å². The summed E-state index contributed by atoms with van der Waals surface area (Å²) in [5, 5.41) is 5.09. The molecular formula is C13H22ClN3O. The molecule has 1 heterocycles. The van der Waals surface area contributed by atoms with E-state index < -0.39 is 0 Å². The molecule has 2 rings (SSSR count). The van der Waals surface area contributed by atoms with Crippen molar-refractivity contribution in [2.45, 2.75) is 58.2 Å². The van der Waals surface area contributed by atoms with Crippen molar-refractivity contribution in [3.8, 4) is 0 Å². The second-order valence-corrected chi connectivity index (χ2v) is 5.60. The molecular weight excluding hydrogens is 250 g/mol. The summed E-state index contributed by atoms with van der Waals surface area (Å²) >= 11 is 6.23. The van der Waals surface area contributed by atoms with Gasteiger partial charge < -0.3 is 10.5 Å². The molecule has 2 N–H and O–H groups in total. The van der Waals surface area contributed by atoms with Gasteiger partial charge in [-0.05, 0) is 26.7 Å². The lowest BCUT2D eigenvalue weighted by Gasteiger charge is -2.23. The molecule has 0 atom stereocenters. The summed E-state index contributed by atoms with van der Waals surface area (Å²) in [6, 6.07) is 0. The first-order chi connectivity index (χ1) is 8.56. The molecule has 1 aliphatic carbocycles. The zero-order valence-electron chi connectivity index (χ0n) is 11.2. The van der Waals surface area contributed by atoms with Crippen molar-refractivity contribution in [3.05, 3.63) is 16.4 Å². The van der Waals surface area contributed by atoms with Gasteiger partial charge in [0.2, 0.25) is 0 Å². The fraction of sp³-hybridized carbons (Fsp3) is 0.769. The summed E-state index contributed by atoms with van der Waals surface area (Å²) in [6.07, 6.45) is 4.55. The molecule has 1 aromatic rings. The lowest BCUT2D eigenvalue weighted by atomic mass is 10.0. The van der Waals surface area contributed by atoms with Gasteiger partial charge >= 0.3 is 0 Å². The van der Waals surface area contributed by atoms with Crippen molar-refractivity contribution in [2.24, 2.45) is 5.73 Å². The highest BCUT2D eigenvalue weighted by Gasteiger charge is 2.29. The third-order valence-electron chi connectivity index (χ3n) is 3.68. The van der Waals surface area contributed by atoms with Crippen LogP contribution in [0.4, 0.5) is 0 Å². The first-order valence-corrected chi connectivity index (χ1v) is 7.02. The lowest BCUT2D eigenvalue weighted by molar-refractivity contribution is 0.0709. The van der Waals surface area contributed by atoms with Crippen LogP contribution >= 0.6 is 11.6 Å². The molecule has 0 spiro atoms. The molecule has 0 bridgehead atoms. The number of rotatable bonds is 5. The predicted molar refractivity (Wildman–Crippen MR) is 72.7 cm³/mol. The van der Waals surface area contributed by atoms with Gasteiger partial charge in [-0.1, -0.05) is 24.4 Å². The Morgan fingerprint density at radius 1 is 1.44 bits per heavy atom. The van der Waals surface area contributed by atoms with Crippen LogP contribution < -0.4 is 5.73 Å². The smallest absolute Gasteiger partial charge is 0.0900 e. The molecule has 0 saturated heterocycles. The fourth-order valence-corrected chi connectivity index (χ4v) is 2.77. The van der Waals surface area contributed by atoms with Crippen LogP contribution in [-0.2, 0) is 17.9 Å². The molecule has 1 fully saturated rings. The molecule has 4 nitrogen and oxygen atoms in total. The number of halogens is 1. The van der Waals surface area contributed by atoms with Crippen LogP contribution in [0.25, 0.3) is 0 Å². The third-order valence-corrected chi connectivity index (χ3v) is 4.17. The van der Waals surface area contributed by atoms with Gasteiger partial charge in [-0.25, -0.2) is 0 Å². The van der Waals surface area contributed by atoms with Crippen LogP contribution in [0.5, 0.6) is 0 Å². The molecule has 1 aliphatic rings. The van der Waals surface area contributed by atoms with E-state index in [1.165, 1.54) is 12.8 Å². The number of nitrogens with two attached hydrogens (primary N) is 1. The Morgan fingerprint density at radius 2 is 2.11 bits per heavy atom. The maximum absolute atomic E-state index is 6.26. The van der Waals surface area contributed by atoms with Crippen LogP contribution in [0, 0.1) is 6.92 Å². The van der Waals surface area contributed by atoms with Crippen molar-refractivity contribution in [1.29, 1.82) is 0 Å². The maximum Gasteiger partial charge on any atom is 0.0900 e. The summed E-state index contributed by atoms with van der Waals surface area (Å²) in [6.45, 7) is 5.87. The fourth-order valence-electron chi connectivity index (χ4n) is 2.58. The quantitative estimate of drug-likeness (QED) is 0.896. The molecule has 0 aromatic carbocycles. The Bertz CT molecular complexity index is 411. The summed E-state index contributed by atoms with van der Waals surface area (Å²) < 4.78 is 7.67. The van der Waals surface area contributed by atoms with Crippen molar-refractivity contribution in [2.75, 3.05) is 6.61 Å². The highest BCUT2D eigenvalue weighted by Crippen LogP contribution is 2.28. The summed E-state index contributed by atoms with van der Waals surface area (Å²) in [7, 11) is 0. The molecule has 102 valence electrons. The third kappa shape index (κ3) is 2.87. The van der Waals surface area contributed by atoms with Gasteiger partial charge in [0.15, 0.2) is 0 Å². The zero-order chi connectivity index (χ0) is 13.2. The van der Waals surface area contributed by atoms with E-state index in [0.29, 0.717) is 18.2 Å². The molecule has 1 aromatic heterocycles. The standard InChI is InChI=1S/C13H22ClN3O/c1-3-17-11(12(14)10(2)16-17)8-18-9-13(15)6-4-5-7-13/h3-9,15H2,1-2H3. The molecule has 0 radical (unpaired) electrons. The highest BCUT2D eigenvalue weighted by molar-refractivity contribution is 6.31. The minimum atomic E-state index is -0.126. The first kappa shape index (κ1) is 13.8. The number of hydrogen-bond donors (Lipinski definition) is 1. The van der Waals surface area contributed by atoms with Crippen LogP contribution in [0.3, 0.4) is 0 Å². The Labute approximate surface area is 113 Å². The Hall–Kier alpha value is -0.580. The van der Waals surface area contributed by atoms with Gasteiger partial charge in [-0.3, -0.25) is 4.68 Å². The Kier molecular flexibility index (Phi) is 4.30. The van der Waals surface area contributed by atoms with Gasteiger partial charge in [0, 0.05) is 12.1 Å². The second kappa shape index (κ2) is 5.59. The Balaban J connectivity index is 1.93. The molecule has 1 saturated carbocycles. The van der Waals surface area contributed by atoms with Crippen LogP contribution in [0.2, 0.25) is 5.02 Å². The zero-order valence-corrected chi connectivity index (χ0v) is 12.0. The van der Waals surface area contributed by atoms with Crippen LogP contribution in [0.15, 0.2) is 0 Å². The molecule has 0 amide bonds. The van der Waals surface area contributed by atoms with Crippen molar-refractivity contribution >= 4 is 11.6 Å². The molecule has 5 heteroatoms. The topological polar surface area (TPSA) is 53.1 Å². The first-order valence-electron chi connectivity index (χ1n) is 6.64. The largest absolute Gasteiger partial charge is 0.373 e. The summed E-state index contributed by atoms with van der Waals surface area (Å²) in [4.78, 5) is 0. The van der Waals surface area contributed by atoms with E-state index in [2.05, 4.69) is 5.10 Å². The minimum Gasteiger partial charge on any atom is -0.373 e. The van der Waals surface area contributed by atoms with E-state index >= 15 is 0 Å². The molecule has 0 aliphatic heterocycles. The van der Waals surface area contributed by atoms with Crippen molar-refractivity contribution in [3.63, 3.8) is 0 Å². The van der Waals surface area contributed by atoms with Crippen molar-refractivity contribution in [1.82, 2.24) is 9.78 Å². The summed E-state index contributed by atoms with van der Waals surface area (Å²) in [5.41, 5.74) is 7.95. The van der Waals surface area contributed by atoms with Gasteiger partial charge in [0.05, 0.1) is 29.6 Å². The normalized spacial score (nSPS) is 18.4. The minimum absolute atomic E-state index is 0.126. The van der Waals surface area contributed by atoms with E-state index in [-0.39, 0.29) is 5.54 Å². The maximum atomic E-state index is 6.26. The number of ether oxygens (including phenoxy) is 1. The second-order valence-electron chi connectivity index (χ2n) is 5.22.